The summed E-state index contributed by atoms with van der Waals surface area (Å²) in [6.07, 6.45) is 5.49. The molecular formula is C17H23N3O. The number of nitrogens with one attached hydrogen (secondary N) is 1. The van der Waals surface area contributed by atoms with Crippen LogP contribution in [0.5, 0.6) is 0 Å². The number of aromatic nitrogens is 2. The first-order valence-electron chi connectivity index (χ1n) is 7.96. The molecule has 112 valence electrons. The topological polar surface area (TPSA) is 51.0 Å². The first-order valence-corrected chi connectivity index (χ1v) is 7.96. The molecule has 1 saturated carbocycles. The van der Waals surface area contributed by atoms with Crippen molar-refractivity contribution in [3.05, 3.63) is 47.6 Å². The van der Waals surface area contributed by atoms with Crippen molar-refractivity contribution in [3.63, 3.8) is 0 Å². The molecule has 4 heteroatoms. The van der Waals surface area contributed by atoms with Gasteiger partial charge in [0.05, 0.1) is 5.92 Å². The lowest BCUT2D eigenvalue weighted by atomic mass is 10.0. The minimum atomic E-state index is 0.383. The fourth-order valence-corrected chi connectivity index (χ4v) is 3.10. The summed E-state index contributed by atoms with van der Waals surface area (Å²) >= 11 is 0. The van der Waals surface area contributed by atoms with Gasteiger partial charge in [-0.05, 0) is 31.4 Å². The van der Waals surface area contributed by atoms with E-state index in [4.69, 9.17) is 4.52 Å². The van der Waals surface area contributed by atoms with Crippen LogP contribution in [0.4, 0.5) is 0 Å². The molecule has 3 rings (SSSR count). The molecule has 1 fully saturated rings. The van der Waals surface area contributed by atoms with Crippen molar-refractivity contribution in [2.24, 2.45) is 0 Å². The van der Waals surface area contributed by atoms with Gasteiger partial charge in [0.15, 0.2) is 5.82 Å². The Bertz CT molecular complexity index is 552. The van der Waals surface area contributed by atoms with Crippen LogP contribution >= 0.6 is 0 Å². The SMILES string of the molecule is CCCNC1CCCC1c1nc(Cc2ccccc2)no1. The minimum absolute atomic E-state index is 0.383. The molecule has 0 spiro atoms. The Hall–Kier alpha value is -1.68. The average Bonchev–Trinajstić information content (AvgIpc) is 3.15. The maximum absolute atomic E-state index is 5.53. The van der Waals surface area contributed by atoms with Crippen LogP contribution in [0.2, 0.25) is 0 Å². The predicted octanol–water partition coefficient (Wildman–Crippen LogP) is 3.30. The van der Waals surface area contributed by atoms with E-state index >= 15 is 0 Å². The third kappa shape index (κ3) is 3.50. The lowest BCUT2D eigenvalue weighted by Crippen LogP contribution is -2.31. The number of hydrogen-bond donors (Lipinski definition) is 1. The summed E-state index contributed by atoms with van der Waals surface area (Å²) in [6, 6.07) is 10.8. The summed E-state index contributed by atoms with van der Waals surface area (Å²) in [5.41, 5.74) is 1.22. The summed E-state index contributed by atoms with van der Waals surface area (Å²) in [6.45, 7) is 3.26. The van der Waals surface area contributed by atoms with E-state index in [1.165, 1.54) is 18.4 Å². The Morgan fingerprint density at radius 3 is 2.90 bits per heavy atom. The van der Waals surface area contributed by atoms with E-state index in [9.17, 15) is 0 Å². The van der Waals surface area contributed by atoms with Crippen LogP contribution < -0.4 is 5.32 Å². The highest BCUT2D eigenvalue weighted by atomic mass is 16.5. The Morgan fingerprint density at radius 2 is 2.10 bits per heavy atom. The van der Waals surface area contributed by atoms with Gasteiger partial charge in [0.2, 0.25) is 5.89 Å². The second-order valence-electron chi connectivity index (χ2n) is 5.81. The van der Waals surface area contributed by atoms with Crippen molar-refractivity contribution in [3.8, 4) is 0 Å². The molecule has 2 atom stereocenters. The zero-order chi connectivity index (χ0) is 14.5. The number of nitrogens with zero attached hydrogens (tertiary/aromatic N) is 2. The fourth-order valence-electron chi connectivity index (χ4n) is 3.10. The quantitative estimate of drug-likeness (QED) is 0.884. The first-order chi connectivity index (χ1) is 10.4. The number of benzene rings is 1. The molecule has 0 amide bonds. The van der Waals surface area contributed by atoms with Crippen LogP contribution in [0.15, 0.2) is 34.9 Å². The van der Waals surface area contributed by atoms with E-state index in [0.29, 0.717) is 12.0 Å². The number of rotatable bonds is 6. The van der Waals surface area contributed by atoms with Crippen LogP contribution in [0.25, 0.3) is 0 Å². The van der Waals surface area contributed by atoms with Crippen LogP contribution in [0.1, 0.15) is 55.8 Å². The van der Waals surface area contributed by atoms with Gasteiger partial charge in [-0.15, -0.1) is 0 Å². The Kier molecular flexibility index (Phi) is 4.65. The van der Waals surface area contributed by atoms with Crippen molar-refractivity contribution >= 4 is 0 Å². The van der Waals surface area contributed by atoms with Gasteiger partial charge in [-0.2, -0.15) is 4.98 Å². The molecule has 1 aliphatic rings. The van der Waals surface area contributed by atoms with E-state index in [1.807, 2.05) is 18.2 Å². The van der Waals surface area contributed by atoms with Gasteiger partial charge in [0.1, 0.15) is 0 Å². The van der Waals surface area contributed by atoms with Gasteiger partial charge in [0.25, 0.3) is 0 Å². The van der Waals surface area contributed by atoms with Gasteiger partial charge >= 0.3 is 0 Å². The molecule has 0 radical (unpaired) electrons. The predicted molar refractivity (Wildman–Crippen MR) is 82.2 cm³/mol. The van der Waals surface area contributed by atoms with E-state index in [0.717, 1.165) is 37.5 Å². The minimum Gasteiger partial charge on any atom is -0.339 e. The second kappa shape index (κ2) is 6.85. The van der Waals surface area contributed by atoms with E-state index < -0.39 is 0 Å². The Balaban J connectivity index is 1.66. The highest BCUT2D eigenvalue weighted by Gasteiger charge is 2.32. The fraction of sp³-hybridized carbons (Fsp3) is 0.529. The molecule has 1 aromatic carbocycles. The summed E-state index contributed by atoms with van der Waals surface area (Å²) in [4.78, 5) is 4.63. The second-order valence-corrected chi connectivity index (χ2v) is 5.81. The summed E-state index contributed by atoms with van der Waals surface area (Å²) in [7, 11) is 0. The average molecular weight is 285 g/mol. The van der Waals surface area contributed by atoms with Crippen LogP contribution in [-0.4, -0.2) is 22.7 Å². The van der Waals surface area contributed by atoms with Gasteiger partial charge in [-0.25, -0.2) is 0 Å². The highest BCUT2D eigenvalue weighted by molar-refractivity contribution is 5.18. The van der Waals surface area contributed by atoms with Gasteiger partial charge in [0, 0.05) is 12.5 Å². The smallest absolute Gasteiger partial charge is 0.231 e. The monoisotopic (exact) mass is 285 g/mol. The van der Waals surface area contributed by atoms with E-state index in [1.54, 1.807) is 0 Å². The molecule has 0 aliphatic heterocycles. The van der Waals surface area contributed by atoms with Crippen LogP contribution in [0, 0.1) is 0 Å². The maximum atomic E-state index is 5.53. The Morgan fingerprint density at radius 1 is 1.24 bits per heavy atom. The first kappa shape index (κ1) is 14.3. The van der Waals surface area contributed by atoms with E-state index in [2.05, 4.69) is 34.5 Å². The zero-order valence-corrected chi connectivity index (χ0v) is 12.6. The molecule has 2 unspecified atom stereocenters. The molecule has 4 nitrogen and oxygen atoms in total. The van der Waals surface area contributed by atoms with Gasteiger partial charge < -0.3 is 9.84 Å². The molecule has 21 heavy (non-hydrogen) atoms. The third-order valence-corrected chi connectivity index (χ3v) is 4.18. The van der Waals surface area contributed by atoms with Crippen LogP contribution in [-0.2, 0) is 6.42 Å². The Labute approximate surface area is 126 Å². The largest absolute Gasteiger partial charge is 0.339 e. The molecule has 0 saturated heterocycles. The molecule has 1 N–H and O–H groups in total. The molecule has 1 aliphatic carbocycles. The van der Waals surface area contributed by atoms with Crippen molar-refractivity contribution in [1.29, 1.82) is 0 Å². The number of hydrogen-bond acceptors (Lipinski definition) is 4. The summed E-state index contributed by atoms with van der Waals surface area (Å²) < 4.78 is 5.53. The van der Waals surface area contributed by atoms with Crippen molar-refractivity contribution in [2.75, 3.05) is 6.54 Å². The standard InChI is InChI=1S/C17H23N3O/c1-2-11-18-15-10-6-9-14(15)17-19-16(20-21-17)12-13-7-4-3-5-8-13/h3-5,7-8,14-15,18H,2,6,9-12H2,1H3. The molecule has 1 aromatic heterocycles. The lowest BCUT2D eigenvalue weighted by molar-refractivity contribution is 0.328. The van der Waals surface area contributed by atoms with Gasteiger partial charge in [-0.3, -0.25) is 0 Å². The highest BCUT2D eigenvalue weighted by Crippen LogP contribution is 2.33. The van der Waals surface area contributed by atoms with Crippen molar-refractivity contribution in [2.45, 2.75) is 51.0 Å². The summed E-state index contributed by atoms with van der Waals surface area (Å²) in [5.74, 6) is 1.98. The molecule has 2 aromatic rings. The van der Waals surface area contributed by atoms with Crippen molar-refractivity contribution in [1.82, 2.24) is 15.5 Å². The normalized spacial score (nSPS) is 21.8. The third-order valence-electron chi connectivity index (χ3n) is 4.18. The lowest BCUT2D eigenvalue weighted by Gasteiger charge is -2.17. The molecule has 0 bridgehead atoms. The van der Waals surface area contributed by atoms with Gasteiger partial charge in [-0.1, -0.05) is 48.8 Å². The summed E-state index contributed by atoms with van der Waals surface area (Å²) in [5, 5.41) is 7.77. The molecular weight excluding hydrogens is 262 g/mol. The molecule has 1 heterocycles. The zero-order valence-electron chi connectivity index (χ0n) is 12.6. The van der Waals surface area contributed by atoms with Crippen LogP contribution in [0.3, 0.4) is 0 Å². The van der Waals surface area contributed by atoms with E-state index in [-0.39, 0.29) is 0 Å². The van der Waals surface area contributed by atoms with Crippen molar-refractivity contribution < 1.29 is 4.52 Å². The maximum Gasteiger partial charge on any atom is 0.231 e.